The van der Waals surface area contributed by atoms with E-state index in [-0.39, 0.29) is 17.9 Å². The van der Waals surface area contributed by atoms with Gasteiger partial charge in [-0.15, -0.1) is 0 Å². The van der Waals surface area contributed by atoms with E-state index in [0.29, 0.717) is 17.1 Å². The minimum absolute atomic E-state index is 0.141. The number of hydrogen-bond acceptors (Lipinski definition) is 4. The average Bonchev–Trinajstić information content (AvgIpc) is 2.73. The lowest BCUT2D eigenvalue weighted by Crippen LogP contribution is -2.48. The van der Waals surface area contributed by atoms with Crippen LogP contribution in [-0.4, -0.2) is 70.9 Å². The number of likely N-dealkylation sites (N-methyl/N-ethyl adjacent to an activating group) is 2. The van der Waals surface area contributed by atoms with Gasteiger partial charge in [0.1, 0.15) is 17.9 Å². The van der Waals surface area contributed by atoms with Crippen molar-refractivity contribution in [3.8, 4) is 5.75 Å². The molecule has 176 valence electrons. The van der Waals surface area contributed by atoms with Crippen LogP contribution in [0.2, 0.25) is 0 Å². The van der Waals surface area contributed by atoms with Gasteiger partial charge in [0.15, 0.2) is 0 Å². The second kappa shape index (κ2) is 10.8. The number of aromatic nitrogens is 1. The number of allylic oxidation sites excluding steroid dienone is 3. The van der Waals surface area contributed by atoms with Crippen molar-refractivity contribution >= 4 is 17.6 Å². The maximum atomic E-state index is 13.1. The van der Waals surface area contributed by atoms with Crippen LogP contribution in [0.3, 0.4) is 0 Å². The first-order valence-electron chi connectivity index (χ1n) is 11.2. The van der Waals surface area contributed by atoms with Crippen LogP contribution in [0.5, 0.6) is 5.75 Å². The van der Waals surface area contributed by atoms with Crippen LogP contribution in [0, 0.1) is 0 Å². The molecule has 1 aromatic heterocycles. The summed E-state index contributed by atoms with van der Waals surface area (Å²) in [5, 5.41) is 20.5. The maximum absolute atomic E-state index is 13.1. The Morgan fingerprint density at radius 1 is 1.19 bits per heavy atom. The topological polar surface area (TPSA) is 82.8 Å². The number of aliphatic hydroxyl groups is 1. The quantitative estimate of drug-likeness (QED) is 0.669. The second-order valence-electron chi connectivity index (χ2n) is 9.27. The van der Waals surface area contributed by atoms with Crippen LogP contribution in [-0.2, 0) is 7.05 Å². The number of pyridine rings is 1. The Morgan fingerprint density at radius 3 is 2.38 bits per heavy atom. The van der Waals surface area contributed by atoms with E-state index < -0.39 is 11.5 Å². The molecule has 32 heavy (non-hydrogen) atoms. The molecule has 0 bridgehead atoms. The molecule has 2 aliphatic rings. The third kappa shape index (κ3) is 5.78. The lowest BCUT2D eigenvalue weighted by Gasteiger charge is -2.24. The first-order valence-corrected chi connectivity index (χ1v) is 11.2. The van der Waals surface area contributed by atoms with Crippen LogP contribution in [0.4, 0.5) is 0 Å². The largest absolute Gasteiger partial charge is 0.506 e. The molecule has 0 unspecified atom stereocenters. The van der Waals surface area contributed by atoms with Gasteiger partial charge in [0, 0.05) is 24.5 Å². The molecule has 0 saturated carbocycles. The Balaban J connectivity index is 0.000000451. The van der Waals surface area contributed by atoms with Gasteiger partial charge in [-0.25, -0.2) is 0 Å². The van der Waals surface area contributed by atoms with Gasteiger partial charge in [-0.05, 0) is 45.6 Å². The van der Waals surface area contributed by atoms with Crippen molar-refractivity contribution in [1.29, 1.82) is 0 Å². The first kappa shape index (κ1) is 25.6. The molecule has 3 rings (SSSR count). The van der Waals surface area contributed by atoms with Gasteiger partial charge in [-0.3, -0.25) is 9.59 Å². The van der Waals surface area contributed by atoms with Crippen molar-refractivity contribution in [2.75, 3.05) is 40.8 Å². The highest BCUT2D eigenvalue weighted by Crippen LogP contribution is 2.19. The monoisotopic (exact) mass is 444 g/mol. The van der Waals surface area contributed by atoms with Gasteiger partial charge in [0.2, 0.25) is 0 Å². The number of hydrogen-bond donors (Lipinski definition) is 2. The number of carbonyl (C=O) groups is 1. The van der Waals surface area contributed by atoms with Crippen molar-refractivity contribution in [3.63, 3.8) is 0 Å². The first-order chi connectivity index (χ1) is 15.0. The maximum Gasteiger partial charge on any atom is 0.267 e. The zero-order valence-electron chi connectivity index (χ0n) is 20.3. The van der Waals surface area contributed by atoms with Crippen molar-refractivity contribution in [3.05, 3.63) is 50.4 Å². The van der Waals surface area contributed by atoms with E-state index >= 15 is 0 Å². The molecule has 0 saturated heterocycles. The molecule has 0 spiro atoms. The Bertz CT molecular complexity index is 1090. The zero-order chi connectivity index (χ0) is 24.1. The molecular weight excluding hydrogens is 406 g/mol. The number of nitrogens with zero attached hydrogens (tertiary/aromatic N) is 3. The van der Waals surface area contributed by atoms with E-state index in [1.54, 1.807) is 11.9 Å². The molecule has 1 heterocycles. The number of aliphatic hydroxyl groups excluding tert-OH is 1. The molecular formula is C25H38N3O4+. The van der Waals surface area contributed by atoms with Gasteiger partial charge in [0.25, 0.3) is 11.5 Å². The molecule has 1 amide bonds. The normalized spacial score (nSPS) is 15.2. The molecule has 7 heteroatoms. The summed E-state index contributed by atoms with van der Waals surface area (Å²) in [6.07, 6.45) is 11.3. The molecule has 2 aliphatic carbocycles. The predicted molar refractivity (Wildman–Crippen MR) is 129 cm³/mol. The van der Waals surface area contributed by atoms with Crippen LogP contribution in [0.1, 0.15) is 49.9 Å². The predicted octanol–water partition coefficient (Wildman–Crippen LogP) is 1.22. The molecule has 7 nitrogen and oxygen atoms in total. The molecule has 0 aliphatic heterocycles. The van der Waals surface area contributed by atoms with Crippen molar-refractivity contribution in [2.24, 2.45) is 7.05 Å². The van der Waals surface area contributed by atoms with Crippen LogP contribution >= 0.6 is 0 Å². The highest BCUT2D eigenvalue weighted by molar-refractivity contribution is 5.98. The summed E-state index contributed by atoms with van der Waals surface area (Å²) in [6, 6.07) is 0. The number of aromatic hydroxyl groups is 1. The van der Waals surface area contributed by atoms with Gasteiger partial charge in [-0.2, -0.15) is 0 Å². The van der Waals surface area contributed by atoms with E-state index in [0.717, 1.165) is 48.0 Å². The van der Waals surface area contributed by atoms with E-state index in [2.05, 4.69) is 21.1 Å². The summed E-state index contributed by atoms with van der Waals surface area (Å²) in [4.78, 5) is 27.5. The summed E-state index contributed by atoms with van der Waals surface area (Å²) in [6.45, 7) is 5.35. The van der Waals surface area contributed by atoms with Crippen molar-refractivity contribution in [2.45, 2.75) is 39.5 Å². The molecule has 0 radical (unpaired) electrons. The highest BCUT2D eigenvalue weighted by atomic mass is 16.3. The van der Waals surface area contributed by atoms with E-state index in [9.17, 15) is 14.7 Å². The third-order valence-corrected chi connectivity index (χ3v) is 5.73. The van der Waals surface area contributed by atoms with Crippen LogP contribution in [0.15, 0.2) is 28.7 Å². The number of carbonyl (C=O) groups excluding carboxylic acids is 1. The van der Waals surface area contributed by atoms with Crippen molar-refractivity contribution in [1.82, 2.24) is 9.47 Å². The molecule has 1 aromatic rings. The lowest BCUT2D eigenvalue weighted by molar-refractivity contribution is -0.870. The fourth-order valence-corrected chi connectivity index (χ4v) is 3.87. The molecule has 0 aromatic carbocycles. The van der Waals surface area contributed by atoms with Crippen molar-refractivity contribution < 1.29 is 19.5 Å². The zero-order valence-corrected chi connectivity index (χ0v) is 20.3. The minimum atomic E-state index is -0.453. The Labute approximate surface area is 190 Å². The smallest absolute Gasteiger partial charge is 0.267 e. The summed E-state index contributed by atoms with van der Waals surface area (Å²) in [5.41, 5.74) is 1.19. The van der Waals surface area contributed by atoms with Gasteiger partial charge in [-0.1, -0.05) is 23.8 Å². The van der Waals surface area contributed by atoms with Gasteiger partial charge < -0.3 is 24.2 Å². The summed E-state index contributed by atoms with van der Waals surface area (Å²) >= 11 is 0. The number of quaternary nitrogens is 1. The number of amides is 1. The Morgan fingerprint density at radius 2 is 1.88 bits per heavy atom. The SMILES string of the molecule is CCN(C(=O)c1c(O)c2c(n(C)c1=O)=CCCC=2C)C1=CCCC=C1.C[N+](C)(C)CCO. The summed E-state index contributed by atoms with van der Waals surface area (Å²) < 4.78 is 2.32. The Hall–Kier alpha value is -2.64. The average molecular weight is 445 g/mol. The third-order valence-electron chi connectivity index (χ3n) is 5.73. The van der Waals surface area contributed by atoms with Crippen LogP contribution < -0.4 is 16.1 Å². The van der Waals surface area contributed by atoms with E-state index in [1.165, 1.54) is 4.57 Å². The molecule has 0 fully saturated rings. The fraction of sp³-hybridized carbons (Fsp3) is 0.520. The number of fused-ring (bicyclic) bond motifs is 1. The summed E-state index contributed by atoms with van der Waals surface area (Å²) in [7, 11) is 7.81. The van der Waals surface area contributed by atoms with Crippen LogP contribution in [0.25, 0.3) is 11.6 Å². The molecule has 2 N–H and O–H groups in total. The lowest BCUT2D eigenvalue weighted by atomic mass is 10.0. The highest BCUT2D eigenvalue weighted by Gasteiger charge is 2.26. The minimum Gasteiger partial charge on any atom is -0.506 e. The molecule has 0 atom stereocenters. The van der Waals surface area contributed by atoms with Gasteiger partial charge in [0.05, 0.1) is 33.1 Å². The van der Waals surface area contributed by atoms with Gasteiger partial charge >= 0.3 is 0 Å². The standard InChI is InChI=1S/C20H24N2O3.C5H14NO/c1-4-22(14-10-6-5-7-11-14)20(25)17-18(23)16-13(2)9-8-12-15(16)21(3)19(17)24;1-6(2,3)4-5-7/h6,10-12,23H,4-5,7-9H2,1-3H3;7H,4-5H2,1-3H3/q;+1. The fourth-order valence-electron chi connectivity index (χ4n) is 3.87. The second-order valence-corrected chi connectivity index (χ2v) is 9.27. The van der Waals surface area contributed by atoms with E-state index in [1.807, 2.05) is 38.2 Å². The van der Waals surface area contributed by atoms with E-state index in [4.69, 9.17) is 5.11 Å². The number of rotatable bonds is 5. The summed E-state index contributed by atoms with van der Waals surface area (Å²) in [5.74, 6) is -0.630. The Kier molecular flexibility index (Phi) is 8.64.